The first kappa shape index (κ1) is 13.3. The fourth-order valence-corrected chi connectivity index (χ4v) is 2.54. The average Bonchev–Trinajstić information content (AvgIpc) is 2.30. The van der Waals surface area contributed by atoms with Crippen molar-refractivity contribution in [3.05, 3.63) is 35.4 Å². The summed E-state index contributed by atoms with van der Waals surface area (Å²) < 4.78 is 53.2. The number of halogens is 4. The van der Waals surface area contributed by atoms with Gasteiger partial charge in [0, 0.05) is 24.4 Å². The number of rotatable bonds is 2. The van der Waals surface area contributed by atoms with E-state index < -0.39 is 29.5 Å². The average molecular weight is 261 g/mol. The van der Waals surface area contributed by atoms with Gasteiger partial charge in [-0.3, -0.25) is 0 Å². The van der Waals surface area contributed by atoms with Crippen LogP contribution in [0.1, 0.15) is 37.3 Å². The molecule has 0 aromatic heterocycles. The molecule has 18 heavy (non-hydrogen) atoms. The normalized spacial score (nSPS) is 24.8. The van der Waals surface area contributed by atoms with E-state index in [1.54, 1.807) is 0 Å². The SMILES string of the molecule is NC(c1cc(F)ccc1F)C1CCCC(F)(F)C1. The Morgan fingerprint density at radius 1 is 1.28 bits per heavy atom. The largest absolute Gasteiger partial charge is 0.324 e. The Labute approximate surface area is 103 Å². The standard InChI is InChI=1S/C13H15F4N/c14-9-3-4-11(15)10(6-9)12(18)8-2-1-5-13(16,17)7-8/h3-4,6,8,12H,1-2,5,7,18H2. The molecule has 1 aliphatic carbocycles. The van der Waals surface area contributed by atoms with Crippen LogP contribution in [0.15, 0.2) is 18.2 Å². The van der Waals surface area contributed by atoms with Crippen molar-refractivity contribution in [3.63, 3.8) is 0 Å². The van der Waals surface area contributed by atoms with E-state index >= 15 is 0 Å². The molecule has 5 heteroatoms. The van der Waals surface area contributed by atoms with Crippen molar-refractivity contribution in [2.45, 2.75) is 37.6 Å². The van der Waals surface area contributed by atoms with E-state index in [-0.39, 0.29) is 18.4 Å². The molecule has 2 rings (SSSR count). The smallest absolute Gasteiger partial charge is 0.248 e. The Balaban J connectivity index is 2.20. The molecule has 2 atom stereocenters. The number of hydrogen-bond donors (Lipinski definition) is 1. The summed E-state index contributed by atoms with van der Waals surface area (Å²) >= 11 is 0. The van der Waals surface area contributed by atoms with Gasteiger partial charge in [0.15, 0.2) is 0 Å². The lowest BCUT2D eigenvalue weighted by atomic mass is 9.79. The second-order valence-corrected chi connectivity index (χ2v) is 4.90. The van der Waals surface area contributed by atoms with Crippen LogP contribution >= 0.6 is 0 Å². The predicted molar refractivity (Wildman–Crippen MR) is 60.2 cm³/mol. The fourth-order valence-electron chi connectivity index (χ4n) is 2.54. The maximum absolute atomic E-state index is 13.5. The van der Waals surface area contributed by atoms with Gasteiger partial charge < -0.3 is 5.73 Å². The van der Waals surface area contributed by atoms with Crippen molar-refractivity contribution < 1.29 is 17.6 Å². The lowest BCUT2D eigenvalue weighted by molar-refractivity contribution is -0.0565. The Hall–Kier alpha value is -1.10. The van der Waals surface area contributed by atoms with Gasteiger partial charge in [-0.25, -0.2) is 17.6 Å². The van der Waals surface area contributed by atoms with E-state index in [0.29, 0.717) is 12.8 Å². The van der Waals surface area contributed by atoms with Gasteiger partial charge in [0.1, 0.15) is 11.6 Å². The van der Waals surface area contributed by atoms with Gasteiger partial charge in [0.2, 0.25) is 5.92 Å². The van der Waals surface area contributed by atoms with Gasteiger partial charge in [-0.15, -0.1) is 0 Å². The van der Waals surface area contributed by atoms with Gasteiger partial charge in [0.05, 0.1) is 0 Å². The topological polar surface area (TPSA) is 26.0 Å². The van der Waals surface area contributed by atoms with E-state index in [2.05, 4.69) is 0 Å². The van der Waals surface area contributed by atoms with E-state index in [0.717, 1.165) is 18.2 Å². The first-order chi connectivity index (χ1) is 8.39. The monoisotopic (exact) mass is 261 g/mol. The zero-order valence-corrected chi connectivity index (χ0v) is 9.80. The third-order valence-corrected chi connectivity index (χ3v) is 3.50. The van der Waals surface area contributed by atoms with Crippen LogP contribution in [0.5, 0.6) is 0 Å². The molecular formula is C13H15F4N. The zero-order chi connectivity index (χ0) is 13.3. The Morgan fingerprint density at radius 3 is 2.67 bits per heavy atom. The third kappa shape index (κ3) is 2.83. The molecule has 1 saturated carbocycles. The van der Waals surface area contributed by atoms with Crippen LogP contribution < -0.4 is 5.73 Å². The summed E-state index contributed by atoms with van der Waals surface area (Å²) in [5.74, 6) is -4.50. The highest BCUT2D eigenvalue weighted by Gasteiger charge is 2.39. The molecule has 2 N–H and O–H groups in total. The van der Waals surface area contributed by atoms with Crippen molar-refractivity contribution in [1.29, 1.82) is 0 Å². The summed E-state index contributed by atoms with van der Waals surface area (Å²) in [5, 5.41) is 0. The lowest BCUT2D eigenvalue weighted by Crippen LogP contribution is -2.33. The highest BCUT2D eigenvalue weighted by molar-refractivity contribution is 5.23. The van der Waals surface area contributed by atoms with Gasteiger partial charge >= 0.3 is 0 Å². The maximum atomic E-state index is 13.5. The quantitative estimate of drug-likeness (QED) is 0.805. The molecule has 0 radical (unpaired) electrons. The Morgan fingerprint density at radius 2 is 2.00 bits per heavy atom. The van der Waals surface area contributed by atoms with Crippen molar-refractivity contribution in [2.24, 2.45) is 11.7 Å². The molecule has 0 saturated heterocycles. The molecule has 1 aromatic rings. The molecule has 1 nitrogen and oxygen atoms in total. The molecule has 1 fully saturated rings. The van der Waals surface area contributed by atoms with Crippen LogP contribution in [0.4, 0.5) is 17.6 Å². The Bertz CT molecular complexity index is 433. The van der Waals surface area contributed by atoms with E-state index in [1.165, 1.54) is 0 Å². The summed E-state index contributed by atoms with van der Waals surface area (Å²) in [4.78, 5) is 0. The summed E-state index contributed by atoms with van der Waals surface area (Å²) in [5.41, 5.74) is 5.80. The van der Waals surface area contributed by atoms with Gasteiger partial charge in [-0.05, 0) is 37.0 Å². The van der Waals surface area contributed by atoms with Crippen LogP contribution in [0.3, 0.4) is 0 Å². The molecule has 1 aliphatic rings. The van der Waals surface area contributed by atoms with E-state index in [1.807, 2.05) is 0 Å². The fraction of sp³-hybridized carbons (Fsp3) is 0.538. The van der Waals surface area contributed by atoms with Crippen molar-refractivity contribution in [1.82, 2.24) is 0 Å². The third-order valence-electron chi connectivity index (χ3n) is 3.50. The van der Waals surface area contributed by atoms with Crippen LogP contribution in [0.2, 0.25) is 0 Å². The minimum Gasteiger partial charge on any atom is -0.324 e. The second-order valence-electron chi connectivity index (χ2n) is 4.90. The van der Waals surface area contributed by atoms with E-state index in [9.17, 15) is 17.6 Å². The second kappa shape index (κ2) is 4.88. The summed E-state index contributed by atoms with van der Waals surface area (Å²) in [6, 6.07) is 2.08. The molecule has 100 valence electrons. The predicted octanol–water partition coefficient (Wildman–Crippen LogP) is 3.79. The van der Waals surface area contributed by atoms with Crippen molar-refractivity contribution in [2.75, 3.05) is 0 Å². The van der Waals surface area contributed by atoms with E-state index in [4.69, 9.17) is 5.73 Å². The maximum Gasteiger partial charge on any atom is 0.248 e. The summed E-state index contributed by atoms with van der Waals surface area (Å²) in [7, 11) is 0. The lowest BCUT2D eigenvalue weighted by Gasteiger charge is -2.32. The number of hydrogen-bond acceptors (Lipinski definition) is 1. The van der Waals surface area contributed by atoms with Gasteiger partial charge in [-0.1, -0.05) is 0 Å². The van der Waals surface area contributed by atoms with Crippen molar-refractivity contribution >= 4 is 0 Å². The molecule has 0 heterocycles. The molecule has 0 bridgehead atoms. The zero-order valence-electron chi connectivity index (χ0n) is 9.80. The van der Waals surface area contributed by atoms with Crippen LogP contribution in [-0.2, 0) is 0 Å². The minimum atomic E-state index is -2.75. The first-order valence-electron chi connectivity index (χ1n) is 5.97. The molecule has 0 spiro atoms. The first-order valence-corrected chi connectivity index (χ1v) is 5.97. The number of nitrogens with two attached hydrogens (primary N) is 1. The molecule has 0 amide bonds. The van der Waals surface area contributed by atoms with Gasteiger partial charge in [0.25, 0.3) is 0 Å². The summed E-state index contributed by atoms with van der Waals surface area (Å²) in [6.45, 7) is 0. The molecule has 2 unspecified atom stereocenters. The minimum absolute atomic E-state index is 0.0160. The van der Waals surface area contributed by atoms with Gasteiger partial charge in [-0.2, -0.15) is 0 Å². The van der Waals surface area contributed by atoms with Crippen LogP contribution in [0, 0.1) is 17.6 Å². The molecular weight excluding hydrogens is 246 g/mol. The Kier molecular flexibility index (Phi) is 3.61. The highest BCUT2D eigenvalue weighted by atomic mass is 19.3. The van der Waals surface area contributed by atoms with Crippen molar-refractivity contribution in [3.8, 4) is 0 Å². The molecule has 1 aromatic carbocycles. The number of alkyl halides is 2. The number of benzene rings is 1. The summed E-state index contributed by atoms with van der Waals surface area (Å²) in [6.07, 6.45) is 0.376. The van der Waals surface area contributed by atoms with Crippen LogP contribution in [-0.4, -0.2) is 5.92 Å². The van der Waals surface area contributed by atoms with Crippen LogP contribution in [0.25, 0.3) is 0 Å². The highest BCUT2D eigenvalue weighted by Crippen LogP contribution is 2.41. The molecule has 0 aliphatic heterocycles.